The van der Waals surface area contributed by atoms with Crippen LogP contribution < -0.4 is 10.4 Å². The van der Waals surface area contributed by atoms with Gasteiger partial charge in [-0.3, -0.25) is 4.90 Å². The zero-order valence-corrected chi connectivity index (χ0v) is 20.3. The molecule has 3 aromatic rings. The maximum absolute atomic E-state index is 7.21. The highest BCUT2D eigenvalue weighted by Gasteiger charge is 2.51. The van der Waals surface area contributed by atoms with Gasteiger partial charge in [0.1, 0.15) is 0 Å². The lowest BCUT2D eigenvalue weighted by Gasteiger charge is -2.50. The second kappa shape index (κ2) is 9.11. The predicted molar refractivity (Wildman–Crippen MR) is 133 cm³/mol. The number of nitrogens with zero attached hydrogens (tertiary/aromatic N) is 1. The molecule has 4 rings (SSSR count). The predicted octanol–water partition coefficient (Wildman–Crippen LogP) is 5.08. The molecule has 0 N–H and O–H groups in total. The van der Waals surface area contributed by atoms with E-state index in [0.29, 0.717) is 12.0 Å². The zero-order valence-electron chi connectivity index (χ0n) is 19.3. The molecule has 0 bridgehead atoms. The van der Waals surface area contributed by atoms with Gasteiger partial charge in [-0.15, -0.1) is 0 Å². The molecule has 0 aliphatic carbocycles. The minimum Gasteiger partial charge on any atom is -0.406 e. The molecule has 3 heteroatoms. The molecule has 2 nitrogen and oxygen atoms in total. The Kier molecular flexibility index (Phi) is 6.47. The lowest BCUT2D eigenvalue weighted by molar-refractivity contribution is -0.0134. The summed E-state index contributed by atoms with van der Waals surface area (Å²) >= 11 is 0. The smallest absolute Gasteiger partial charge is 0.261 e. The van der Waals surface area contributed by atoms with Gasteiger partial charge in [-0.25, -0.2) is 0 Å². The normalized spacial score (nSPS) is 19.7. The second-order valence-corrected chi connectivity index (χ2v) is 14.2. The van der Waals surface area contributed by atoms with Crippen LogP contribution in [0.1, 0.15) is 33.3 Å². The molecule has 1 aliphatic rings. The van der Waals surface area contributed by atoms with Crippen LogP contribution in [0.25, 0.3) is 0 Å². The van der Waals surface area contributed by atoms with E-state index in [2.05, 4.69) is 124 Å². The Morgan fingerprint density at radius 3 is 1.74 bits per heavy atom. The summed E-state index contributed by atoms with van der Waals surface area (Å²) in [6, 6.07) is 33.2. The minimum absolute atomic E-state index is 0.0208. The van der Waals surface area contributed by atoms with Crippen LogP contribution >= 0.6 is 0 Å². The maximum Gasteiger partial charge on any atom is 0.261 e. The fourth-order valence-electron chi connectivity index (χ4n) is 5.09. The molecule has 1 aliphatic heterocycles. The summed E-state index contributed by atoms with van der Waals surface area (Å²) in [4.78, 5) is 2.58. The molecule has 0 saturated carbocycles. The van der Waals surface area contributed by atoms with E-state index in [9.17, 15) is 0 Å². The van der Waals surface area contributed by atoms with Crippen molar-refractivity contribution in [2.45, 2.75) is 45.3 Å². The van der Waals surface area contributed by atoms with Gasteiger partial charge in [-0.05, 0) is 26.9 Å². The van der Waals surface area contributed by atoms with Crippen LogP contribution in [0.5, 0.6) is 0 Å². The summed E-state index contributed by atoms with van der Waals surface area (Å²) in [5.41, 5.74) is 1.38. The van der Waals surface area contributed by atoms with E-state index in [1.807, 2.05) is 0 Å². The summed E-state index contributed by atoms with van der Waals surface area (Å²) in [6.45, 7) is 12.3. The van der Waals surface area contributed by atoms with Gasteiger partial charge in [0.2, 0.25) is 0 Å². The maximum atomic E-state index is 7.21. The minimum atomic E-state index is -2.47. The van der Waals surface area contributed by atoms with Gasteiger partial charge in [0, 0.05) is 19.1 Å². The molecule has 1 saturated heterocycles. The largest absolute Gasteiger partial charge is 0.406 e. The first-order chi connectivity index (χ1) is 14.9. The van der Waals surface area contributed by atoms with E-state index >= 15 is 0 Å². The van der Waals surface area contributed by atoms with Crippen molar-refractivity contribution in [1.82, 2.24) is 4.90 Å². The van der Waals surface area contributed by atoms with Gasteiger partial charge in [-0.1, -0.05) is 119 Å². The number of hydrogen-bond acceptors (Lipinski definition) is 2. The van der Waals surface area contributed by atoms with Gasteiger partial charge in [0.05, 0.1) is 6.61 Å². The van der Waals surface area contributed by atoms with E-state index < -0.39 is 8.32 Å². The monoisotopic (exact) mass is 429 g/mol. The number of hydrogen-bond donors (Lipinski definition) is 0. The van der Waals surface area contributed by atoms with Crippen LogP contribution in [0.15, 0.2) is 91.0 Å². The number of likely N-dealkylation sites (tertiary alicyclic amines) is 1. The molecule has 0 aromatic heterocycles. The van der Waals surface area contributed by atoms with Crippen LogP contribution in [0.4, 0.5) is 0 Å². The summed E-state index contributed by atoms with van der Waals surface area (Å²) in [7, 11) is -2.47. The SMILES string of the molecule is C[C@@H]1CN(Cc2ccccc2)[C@H]1CO[Si](c1ccccc1)(c1ccccc1)C(C)(C)C. The lowest BCUT2D eigenvalue weighted by Crippen LogP contribution is -2.68. The number of benzene rings is 3. The first-order valence-corrected chi connectivity index (χ1v) is 13.4. The molecule has 0 amide bonds. The molecule has 2 atom stereocenters. The molecular weight excluding hydrogens is 394 g/mol. The molecule has 0 spiro atoms. The summed E-state index contributed by atoms with van der Waals surface area (Å²) in [6.07, 6.45) is 0. The Balaban J connectivity index is 1.64. The highest BCUT2D eigenvalue weighted by molar-refractivity contribution is 6.99. The third-order valence-electron chi connectivity index (χ3n) is 6.76. The summed E-state index contributed by atoms with van der Waals surface area (Å²) < 4.78 is 7.21. The van der Waals surface area contributed by atoms with E-state index in [0.717, 1.165) is 19.7 Å². The van der Waals surface area contributed by atoms with Gasteiger partial charge in [0.15, 0.2) is 0 Å². The highest BCUT2D eigenvalue weighted by atomic mass is 28.4. The van der Waals surface area contributed by atoms with Crippen LogP contribution in [-0.2, 0) is 11.0 Å². The molecule has 0 radical (unpaired) electrons. The van der Waals surface area contributed by atoms with Crippen molar-refractivity contribution in [3.05, 3.63) is 96.6 Å². The van der Waals surface area contributed by atoms with Crippen molar-refractivity contribution in [3.63, 3.8) is 0 Å². The van der Waals surface area contributed by atoms with Gasteiger partial charge in [0.25, 0.3) is 8.32 Å². The average molecular weight is 430 g/mol. The molecule has 1 heterocycles. The van der Waals surface area contributed by atoms with Crippen molar-refractivity contribution < 1.29 is 4.43 Å². The molecule has 31 heavy (non-hydrogen) atoms. The molecule has 0 unspecified atom stereocenters. The summed E-state index contributed by atoms with van der Waals surface area (Å²) in [5.74, 6) is 0.655. The fraction of sp³-hybridized carbons (Fsp3) is 0.357. The Morgan fingerprint density at radius 1 is 0.806 bits per heavy atom. The molecule has 162 valence electrons. The second-order valence-electron chi connectivity index (χ2n) is 9.93. The van der Waals surface area contributed by atoms with E-state index in [1.54, 1.807) is 0 Å². The Hall–Kier alpha value is -2.20. The highest BCUT2D eigenvalue weighted by Crippen LogP contribution is 2.38. The Morgan fingerprint density at radius 2 is 1.29 bits per heavy atom. The zero-order chi connectivity index (χ0) is 21.9. The van der Waals surface area contributed by atoms with Crippen molar-refractivity contribution in [2.75, 3.05) is 13.2 Å². The van der Waals surface area contributed by atoms with Crippen molar-refractivity contribution in [3.8, 4) is 0 Å². The molecule has 1 fully saturated rings. The fourth-order valence-corrected chi connectivity index (χ4v) is 9.67. The van der Waals surface area contributed by atoms with Crippen molar-refractivity contribution in [2.24, 2.45) is 5.92 Å². The van der Waals surface area contributed by atoms with E-state index in [-0.39, 0.29) is 5.04 Å². The lowest BCUT2D eigenvalue weighted by atomic mass is 9.90. The van der Waals surface area contributed by atoms with Gasteiger partial charge < -0.3 is 4.43 Å². The first-order valence-electron chi connectivity index (χ1n) is 11.4. The quantitative estimate of drug-likeness (QED) is 0.486. The summed E-state index contributed by atoms with van der Waals surface area (Å²) in [5, 5.41) is 2.73. The van der Waals surface area contributed by atoms with Gasteiger partial charge in [-0.2, -0.15) is 0 Å². The Bertz CT molecular complexity index is 913. The van der Waals surface area contributed by atoms with Crippen molar-refractivity contribution >= 4 is 18.7 Å². The Labute approximate surface area is 189 Å². The average Bonchev–Trinajstić information content (AvgIpc) is 2.77. The third kappa shape index (κ3) is 4.41. The number of rotatable bonds is 7. The first kappa shape index (κ1) is 22.0. The topological polar surface area (TPSA) is 12.5 Å². The van der Waals surface area contributed by atoms with Crippen LogP contribution in [-0.4, -0.2) is 32.4 Å². The standard InChI is InChI=1S/C28H35NOSi/c1-23-20-29(21-24-14-8-5-9-15-24)27(23)22-30-31(28(2,3)4,25-16-10-6-11-17-25)26-18-12-7-13-19-26/h5-19,23,27H,20-22H2,1-4H3/t23-,27+/m1/s1. The molecule has 3 aromatic carbocycles. The van der Waals surface area contributed by atoms with Crippen molar-refractivity contribution in [1.29, 1.82) is 0 Å². The molecular formula is C28H35NOSi. The third-order valence-corrected chi connectivity index (χ3v) is 11.8. The van der Waals surface area contributed by atoms with Gasteiger partial charge >= 0.3 is 0 Å². The van der Waals surface area contributed by atoms with Crippen LogP contribution in [0.3, 0.4) is 0 Å². The van der Waals surface area contributed by atoms with E-state index in [1.165, 1.54) is 15.9 Å². The van der Waals surface area contributed by atoms with Crippen LogP contribution in [0.2, 0.25) is 5.04 Å². The van der Waals surface area contributed by atoms with Crippen LogP contribution in [0, 0.1) is 5.92 Å². The van der Waals surface area contributed by atoms with E-state index in [4.69, 9.17) is 4.43 Å².